The molecule has 0 fully saturated rings. The lowest BCUT2D eigenvalue weighted by Crippen LogP contribution is -2.32. The molecule has 1 heterocycles. The fraction of sp³-hybridized carbons (Fsp3) is 0.700. The summed E-state index contributed by atoms with van der Waals surface area (Å²) in [6, 6.07) is 0. The number of aromatic nitrogens is 2. The Hall–Kier alpha value is -0.840. The summed E-state index contributed by atoms with van der Waals surface area (Å²) in [5, 5.41) is 0. The first-order valence-electron chi connectivity index (χ1n) is 4.94. The minimum atomic E-state index is -3.04. The number of nitrogens with zero attached hydrogens (tertiary/aromatic N) is 2. The van der Waals surface area contributed by atoms with Gasteiger partial charge in [0.05, 0.1) is 10.5 Å². The molecular weight excluding hydrogens is 212 g/mol. The molecule has 0 saturated heterocycles. The van der Waals surface area contributed by atoms with E-state index in [1.165, 1.54) is 0 Å². The molecule has 4 nitrogen and oxygen atoms in total. The van der Waals surface area contributed by atoms with Crippen LogP contribution in [0.4, 0.5) is 0 Å². The average molecular weight is 230 g/mol. The highest BCUT2D eigenvalue weighted by Gasteiger charge is 2.28. The van der Waals surface area contributed by atoms with Gasteiger partial charge >= 0.3 is 0 Å². The van der Waals surface area contributed by atoms with Gasteiger partial charge in [0.2, 0.25) is 0 Å². The van der Waals surface area contributed by atoms with E-state index in [-0.39, 0.29) is 5.75 Å². The van der Waals surface area contributed by atoms with Crippen molar-refractivity contribution in [3.8, 4) is 0 Å². The third kappa shape index (κ3) is 2.81. The summed E-state index contributed by atoms with van der Waals surface area (Å²) >= 11 is 0. The van der Waals surface area contributed by atoms with E-state index < -0.39 is 14.6 Å². The van der Waals surface area contributed by atoms with Crippen LogP contribution < -0.4 is 0 Å². The zero-order valence-electron chi connectivity index (χ0n) is 9.69. The first kappa shape index (κ1) is 12.2. The molecule has 0 N–H and O–H groups in total. The third-order valence-electron chi connectivity index (χ3n) is 2.46. The van der Waals surface area contributed by atoms with Gasteiger partial charge in [-0.25, -0.2) is 13.4 Å². The molecular formula is C10H18N2O2S. The Bertz CT molecular complexity index is 427. The number of imidazole rings is 1. The Kier molecular flexibility index (Phi) is 3.23. The van der Waals surface area contributed by atoms with Crippen LogP contribution in [0.2, 0.25) is 0 Å². The lowest BCUT2D eigenvalue weighted by atomic mass is 10.3. The van der Waals surface area contributed by atoms with E-state index in [0.717, 1.165) is 5.82 Å². The lowest BCUT2D eigenvalue weighted by molar-refractivity contribution is 0.553. The normalized spacial score (nSPS) is 13.1. The Morgan fingerprint density at radius 3 is 2.40 bits per heavy atom. The van der Waals surface area contributed by atoms with Crippen molar-refractivity contribution in [2.75, 3.05) is 5.75 Å². The molecule has 0 spiro atoms. The van der Waals surface area contributed by atoms with Crippen molar-refractivity contribution in [1.82, 2.24) is 9.55 Å². The molecule has 0 unspecified atom stereocenters. The second-order valence-electron chi connectivity index (χ2n) is 4.60. The van der Waals surface area contributed by atoms with Crippen LogP contribution in [0.5, 0.6) is 0 Å². The van der Waals surface area contributed by atoms with Gasteiger partial charge < -0.3 is 4.57 Å². The van der Waals surface area contributed by atoms with Gasteiger partial charge in [-0.1, -0.05) is 0 Å². The van der Waals surface area contributed by atoms with Crippen LogP contribution in [-0.4, -0.2) is 28.5 Å². The van der Waals surface area contributed by atoms with Gasteiger partial charge in [0.25, 0.3) is 0 Å². The van der Waals surface area contributed by atoms with E-state index in [1.807, 2.05) is 11.5 Å². The number of rotatable bonds is 3. The largest absolute Gasteiger partial charge is 0.334 e. The van der Waals surface area contributed by atoms with E-state index in [4.69, 9.17) is 0 Å². The summed E-state index contributed by atoms with van der Waals surface area (Å²) in [5.74, 6) is 1.01. The molecule has 15 heavy (non-hydrogen) atoms. The van der Waals surface area contributed by atoms with Crippen molar-refractivity contribution in [3.63, 3.8) is 0 Å². The molecule has 0 aliphatic carbocycles. The fourth-order valence-corrected chi connectivity index (χ4v) is 2.21. The Morgan fingerprint density at radius 2 is 2.00 bits per heavy atom. The zero-order chi connectivity index (χ0) is 11.7. The predicted octanol–water partition coefficient (Wildman–Crippen LogP) is 1.40. The van der Waals surface area contributed by atoms with Crippen LogP contribution in [0.15, 0.2) is 12.4 Å². The number of aryl methyl sites for hydroxylation is 2. The summed E-state index contributed by atoms with van der Waals surface area (Å²) in [5.41, 5.74) is 0. The van der Waals surface area contributed by atoms with Gasteiger partial charge in [0.15, 0.2) is 9.84 Å². The molecule has 1 rings (SSSR count). The topological polar surface area (TPSA) is 52.0 Å². The molecule has 0 aliphatic rings. The van der Waals surface area contributed by atoms with E-state index in [1.54, 1.807) is 33.2 Å². The first-order valence-corrected chi connectivity index (χ1v) is 6.59. The maximum Gasteiger partial charge on any atom is 0.156 e. The molecule has 0 radical (unpaired) electrons. The summed E-state index contributed by atoms with van der Waals surface area (Å²) < 4.78 is 24.8. The maximum atomic E-state index is 11.8. The zero-order valence-corrected chi connectivity index (χ0v) is 10.5. The molecule has 0 bridgehead atoms. The smallest absolute Gasteiger partial charge is 0.156 e. The van der Waals surface area contributed by atoms with Gasteiger partial charge in [0.1, 0.15) is 5.82 Å². The third-order valence-corrected chi connectivity index (χ3v) is 5.04. The highest BCUT2D eigenvalue weighted by atomic mass is 32.2. The number of hydrogen-bond acceptors (Lipinski definition) is 3. The van der Waals surface area contributed by atoms with Crippen LogP contribution >= 0.6 is 0 Å². The summed E-state index contributed by atoms with van der Waals surface area (Å²) in [7, 11) is -3.04. The van der Waals surface area contributed by atoms with E-state index in [0.29, 0.717) is 6.54 Å². The predicted molar refractivity (Wildman–Crippen MR) is 60.5 cm³/mol. The molecule has 5 heteroatoms. The van der Waals surface area contributed by atoms with Gasteiger partial charge in [-0.3, -0.25) is 0 Å². The highest BCUT2D eigenvalue weighted by molar-refractivity contribution is 7.92. The van der Waals surface area contributed by atoms with Crippen molar-refractivity contribution in [2.24, 2.45) is 0 Å². The maximum absolute atomic E-state index is 11.8. The summed E-state index contributed by atoms with van der Waals surface area (Å²) in [6.07, 6.45) is 3.48. The van der Waals surface area contributed by atoms with Gasteiger partial charge in [-0.05, 0) is 27.7 Å². The Labute approximate surface area is 91.3 Å². The minimum absolute atomic E-state index is 0.160. The van der Waals surface area contributed by atoms with Gasteiger partial charge in [-0.2, -0.15) is 0 Å². The van der Waals surface area contributed by atoms with Crippen molar-refractivity contribution in [3.05, 3.63) is 18.2 Å². The average Bonchev–Trinajstić information content (AvgIpc) is 2.46. The molecule has 1 aromatic rings. The van der Waals surface area contributed by atoms with E-state index in [9.17, 15) is 8.42 Å². The second kappa shape index (κ2) is 3.96. The summed E-state index contributed by atoms with van der Waals surface area (Å²) in [6.45, 7) is 7.52. The highest BCUT2D eigenvalue weighted by Crippen LogP contribution is 2.16. The standard InChI is InChI=1S/C10H18N2O2S/c1-9-11-5-6-12(9)7-8-15(13,14)10(2,3)4/h5-6H,7-8H2,1-4H3. The van der Waals surface area contributed by atoms with Crippen LogP contribution in [0.1, 0.15) is 26.6 Å². The minimum Gasteiger partial charge on any atom is -0.334 e. The quantitative estimate of drug-likeness (QED) is 0.788. The molecule has 0 saturated carbocycles. The van der Waals surface area contributed by atoms with Crippen LogP contribution in [-0.2, 0) is 16.4 Å². The Balaban J connectivity index is 2.71. The van der Waals surface area contributed by atoms with Crippen LogP contribution in [0.3, 0.4) is 0 Å². The van der Waals surface area contributed by atoms with Crippen LogP contribution in [0.25, 0.3) is 0 Å². The van der Waals surface area contributed by atoms with Gasteiger partial charge in [-0.15, -0.1) is 0 Å². The number of hydrogen-bond donors (Lipinski definition) is 0. The molecule has 86 valence electrons. The molecule has 0 amide bonds. The molecule has 0 atom stereocenters. The van der Waals surface area contributed by atoms with E-state index >= 15 is 0 Å². The molecule has 0 aliphatic heterocycles. The van der Waals surface area contributed by atoms with Gasteiger partial charge in [0, 0.05) is 18.9 Å². The monoisotopic (exact) mass is 230 g/mol. The molecule has 1 aromatic heterocycles. The van der Waals surface area contributed by atoms with Crippen molar-refractivity contribution >= 4 is 9.84 Å². The fourth-order valence-electron chi connectivity index (χ4n) is 1.16. The molecule has 0 aromatic carbocycles. The van der Waals surface area contributed by atoms with E-state index in [2.05, 4.69) is 4.98 Å². The van der Waals surface area contributed by atoms with Crippen molar-refractivity contribution in [2.45, 2.75) is 39.0 Å². The first-order chi connectivity index (χ1) is 6.74. The second-order valence-corrected chi connectivity index (χ2v) is 7.46. The Morgan fingerprint density at radius 1 is 1.40 bits per heavy atom. The van der Waals surface area contributed by atoms with Crippen molar-refractivity contribution < 1.29 is 8.42 Å². The SMILES string of the molecule is Cc1nccn1CCS(=O)(=O)C(C)(C)C. The lowest BCUT2D eigenvalue weighted by Gasteiger charge is -2.19. The van der Waals surface area contributed by atoms with Crippen LogP contribution in [0, 0.1) is 6.92 Å². The number of sulfone groups is 1. The van der Waals surface area contributed by atoms with Crippen molar-refractivity contribution in [1.29, 1.82) is 0 Å². The summed E-state index contributed by atoms with van der Waals surface area (Å²) in [4.78, 5) is 4.05.